The Morgan fingerprint density at radius 3 is 2.68 bits per heavy atom. The third-order valence-corrected chi connectivity index (χ3v) is 4.85. The topological polar surface area (TPSA) is 93.5 Å². The Balaban J connectivity index is 2.21. The molecular formula is C17H18ClFN4OS. The molecule has 0 radical (unpaired) electrons. The van der Waals surface area contributed by atoms with Crippen molar-refractivity contribution >= 4 is 34.6 Å². The highest BCUT2D eigenvalue weighted by Gasteiger charge is 2.19. The van der Waals surface area contributed by atoms with Crippen molar-refractivity contribution in [2.75, 3.05) is 13.6 Å². The summed E-state index contributed by atoms with van der Waals surface area (Å²) in [7, 11) is 1.61. The van der Waals surface area contributed by atoms with E-state index in [0.29, 0.717) is 20.5 Å². The van der Waals surface area contributed by atoms with Gasteiger partial charge in [-0.3, -0.25) is 9.79 Å². The minimum Gasteiger partial charge on any atom is -0.405 e. The zero-order valence-corrected chi connectivity index (χ0v) is 15.1. The zero-order valence-electron chi connectivity index (χ0n) is 13.5. The minimum absolute atomic E-state index is 0.181. The molecule has 1 aromatic carbocycles. The van der Waals surface area contributed by atoms with Gasteiger partial charge < -0.3 is 16.8 Å². The Hall–Kier alpha value is -2.22. The first-order valence-corrected chi connectivity index (χ1v) is 8.60. The molecule has 8 heteroatoms. The van der Waals surface area contributed by atoms with Gasteiger partial charge in [0, 0.05) is 19.2 Å². The van der Waals surface area contributed by atoms with Crippen LogP contribution >= 0.6 is 22.9 Å². The lowest BCUT2D eigenvalue weighted by atomic mass is 10.1. The van der Waals surface area contributed by atoms with Crippen molar-refractivity contribution in [1.29, 1.82) is 0 Å². The van der Waals surface area contributed by atoms with E-state index >= 15 is 0 Å². The van der Waals surface area contributed by atoms with Crippen molar-refractivity contribution in [3.63, 3.8) is 0 Å². The van der Waals surface area contributed by atoms with Crippen molar-refractivity contribution in [3.8, 4) is 0 Å². The highest BCUT2D eigenvalue weighted by Crippen LogP contribution is 2.29. The van der Waals surface area contributed by atoms with E-state index in [4.69, 9.17) is 23.1 Å². The number of nitrogens with two attached hydrogens (primary N) is 2. The van der Waals surface area contributed by atoms with Gasteiger partial charge in [0.05, 0.1) is 16.6 Å². The number of hydrogen-bond donors (Lipinski definition) is 3. The molecule has 1 unspecified atom stereocenters. The molecule has 0 aliphatic rings. The number of carbonyl (C=O) groups is 1. The van der Waals surface area contributed by atoms with Crippen molar-refractivity contribution in [3.05, 3.63) is 68.8 Å². The fraction of sp³-hybridized carbons (Fsp3) is 0.176. The van der Waals surface area contributed by atoms with Crippen LogP contribution in [0, 0.1) is 5.82 Å². The molecule has 25 heavy (non-hydrogen) atoms. The van der Waals surface area contributed by atoms with Crippen LogP contribution in [0.1, 0.15) is 26.8 Å². The maximum absolute atomic E-state index is 13.0. The van der Waals surface area contributed by atoms with Gasteiger partial charge in [-0.2, -0.15) is 0 Å². The van der Waals surface area contributed by atoms with Crippen molar-refractivity contribution in [2.45, 2.75) is 6.04 Å². The van der Waals surface area contributed by atoms with E-state index in [-0.39, 0.29) is 18.3 Å². The van der Waals surface area contributed by atoms with E-state index in [1.54, 1.807) is 31.3 Å². The number of thiophene rings is 1. The molecule has 0 aliphatic carbocycles. The largest absolute Gasteiger partial charge is 0.405 e. The maximum Gasteiger partial charge on any atom is 0.261 e. The first-order valence-electron chi connectivity index (χ1n) is 7.41. The number of nitrogens with one attached hydrogen (secondary N) is 1. The molecule has 5 N–H and O–H groups in total. The molecule has 2 aromatic rings. The number of benzene rings is 1. The molecule has 2 rings (SSSR count). The summed E-state index contributed by atoms with van der Waals surface area (Å²) >= 11 is 7.36. The van der Waals surface area contributed by atoms with Gasteiger partial charge in [-0.05, 0) is 36.0 Å². The van der Waals surface area contributed by atoms with Crippen molar-refractivity contribution in [2.24, 2.45) is 16.5 Å². The Morgan fingerprint density at radius 2 is 2.12 bits per heavy atom. The molecule has 1 aromatic heterocycles. The van der Waals surface area contributed by atoms with Crippen molar-refractivity contribution < 1.29 is 9.18 Å². The second-order valence-corrected chi connectivity index (χ2v) is 6.73. The van der Waals surface area contributed by atoms with Gasteiger partial charge in [0.1, 0.15) is 10.2 Å². The number of nitrogens with zero attached hydrogens (tertiary/aromatic N) is 1. The first kappa shape index (κ1) is 19.1. The lowest BCUT2D eigenvalue weighted by Gasteiger charge is -2.16. The molecular weight excluding hydrogens is 363 g/mol. The first-order chi connectivity index (χ1) is 12.0. The van der Waals surface area contributed by atoms with E-state index in [1.165, 1.54) is 18.3 Å². The van der Waals surface area contributed by atoms with E-state index < -0.39 is 6.04 Å². The molecule has 0 saturated carbocycles. The Labute approximate surface area is 154 Å². The highest BCUT2D eigenvalue weighted by molar-refractivity contribution is 7.18. The van der Waals surface area contributed by atoms with Gasteiger partial charge in [0.2, 0.25) is 0 Å². The van der Waals surface area contributed by atoms with Crippen LogP contribution in [0.4, 0.5) is 4.39 Å². The number of aliphatic imine (C=N–C) groups is 1. The zero-order chi connectivity index (χ0) is 18.4. The number of hydrogen-bond acceptors (Lipinski definition) is 5. The molecule has 132 valence electrons. The van der Waals surface area contributed by atoms with Gasteiger partial charge in [-0.25, -0.2) is 4.39 Å². The Kier molecular flexibility index (Phi) is 6.69. The second-order valence-electron chi connectivity index (χ2n) is 5.08. The number of amides is 1. The lowest BCUT2D eigenvalue weighted by molar-refractivity contribution is 0.0942. The second kappa shape index (κ2) is 8.75. The van der Waals surface area contributed by atoms with Crippen molar-refractivity contribution in [1.82, 2.24) is 5.32 Å². The predicted octanol–water partition coefficient (Wildman–Crippen LogP) is 2.86. The van der Waals surface area contributed by atoms with Crippen LogP contribution < -0.4 is 16.8 Å². The average molecular weight is 381 g/mol. The molecule has 0 spiro atoms. The monoisotopic (exact) mass is 380 g/mol. The summed E-state index contributed by atoms with van der Waals surface area (Å²) in [6.45, 7) is 0.181. The summed E-state index contributed by atoms with van der Waals surface area (Å²) in [6.07, 6.45) is 2.96. The summed E-state index contributed by atoms with van der Waals surface area (Å²) < 4.78 is 13.5. The molecule has 1 atom stereocenters. The van der Waals surface area contributed by atoms with Crippen LogP contribution in [0.2, 0.25) is 4.34 Å². The number of carbonyl (C=O) groups excluding carboxylic acids is 1. The van der Waals surface area contributed by atoms with Crippen LogP contribution in [0.5, 0.6) is 0 Å². The standard InChI is InChI=1S/C17H18ClFN4OS/c1-22-13(6-7-20)12-8-15(25-16(12)18)17(24)23-14(9-21)10-2-4-11(19)5-3-10/h2-8,14H,9,20-21H2,1H3,(H,23,24). The molecule has 0 saturated heterocycles. The van der Waals surface area contributed by atoms with Gasteiger partial charge in [0.25, 0.3) is 5.91 Å². The molecule has 1 amide bonds. The maximum atomic E-state index is 13.0. The Bertz CT molecular complexity index is 801. The van der Waals surface area contributed by atoms with Gasteiger partial charge in [-0.15, -0.1) is 11.3 Å². The SMILES string of the molecule is CN=C(C=CN)c1cc(C(=O)NC(CN)c2ccc(F)cc2)sc1Cl. The van der Waals surface area contributed by atoms with Crippen LogP contribution in [-0.2, 0) is 0 Å². The summed E-state index contributed by atoms with van der Waals surface area (Å²) in [5.41, 5.74) is 13.1. The molecule has 0 bridgehead atoms. The fourth-order valence-corrected chi connectivity index (χ4v) is 3.43. The highest BCUT2D eigenvalue weighted by atomic mass is 35.5. The third kappa shape index (κ3) is 4.66. The summed E-state index contributed by atoms with van der Waals surface area (Å²) in [5.74, 6) is -0.662. The minimum atomic E-state index is -0.430. The predicted molar refractivity (Wildman–Crippen MR) is 101 cm³/mol. The fourth-order valence-electron chi connectivity index (χ4n) is 2.23. The summed E-state index contributed by atoms with van der Waals surface area (Å²) in [6, 6.07) is 7.06. The van der Waals surface area contributed by atoms with Crippen LogP contribution in [0.3, 0.4) is 0 Å². The van der Waals surface area contributed by atoms with E-state index in [9.17, 15) is 9.18 Å². The molecule has 5 nitrogen and oxygen atoms in total. The lowest BCUT2D eigenvalue weighted by Crippen LogP contribution is -2.33. The smallest absolute Gasteiger partial charge is 0.261 e. The van der Waals surface area contributed by atoms with Crippen LogP contribution in [0.15, 0.2) is 47.6 Å². The third-order valence-electron chi connectivity index (χ3n) is 3.49. The van der Waals surface area contributed by atoms with E-state index in [0.717, 1.165) is 16.9 Å². The molecule has 0 fully saturated rings. The normalized spacial score (nSPS) is 13.2. The number of halogens is 2. The van der Waals surface area contributed by atoms with Gasteiger partial charge in [-0.1, -0.05) is 23.7 Å². The van der Waals surface area contributed by atoms with Crippen LogP contribution in [0.25, 0.3) is 0 Å². The quantitative estimate of drug-likeness (QED) is 0.672. The summed E-state index contributed by atoms with van der Waals surface area (Å²) in [4.78, 5) is 17.0. The number of allylic oxidation sites excluding steroid dienone is 1. The van der Waals surface area contributed by atoms with Crippen LogP contribution in [-0.4, -0.2) is 25.2 Å². The number of rotatable bonds is 6. The molecule has 1 heterocycles. The summed E-state index contributed by atoms with van der Waals surface area (Å²) in [5, 5.41) is 2.83. The van der Waals surface area contributed by atoms with E-state index in [2.05, 4.69) is 10.3 Å². The van der Waals surface area contributed by atoms with Gasteiger partial charge in [0.15, 0.2) is 0 Å². The average Bonchev–Trinajstić information content (AvgIpc) is 3.00. The van der Waals surface area contributed by atoms with Gasteiger partial charge >= 0.3 is 0 Å². The Morgan fingerprint density at radius 1 is 1.44 bits per heavy atom. The molecule has 0 aliphatic heterocycles. The van der Waals surface area contributed by atoms with E-state index in [1.807, 2.05) is 0 Å².